The average molecular weight is 248 g/mol. The van der Waals surface area contributed by atoms with E-state index in [0.29, 0.717) is 28.8 Å². The molecule has 1 fully saturated rings. The summed E-state index contributed by atoms with van der Waals surface area (Å²) in [4.78, 5) is 14.3. The fraction of sp³-hybridized carbons (Fsp3) is 0.500. The Bertz CT molecular complexity index is 449. The molecule has 1 aromatic rings. The summed E-state index contributed by atoms with van der Waals surface area (Å²) in [6, 6.07) is 5.19. The fourth-order valence-electron chi connectivity index (χ4n) is 2.32. The van der Waals surface area contributed by atoms with Crippen molar-refractivity contribution in [3.05, 3.63) is 23.8 Å². The van der Waals surface area contributed by atoms with Crippen molar-refractivity contribution in [2.45, 2.75) is 13.8 Å². The standard InChI is InChI=1S/C14H20N2O2/c1-9-7-16(8-10(9)2)14(17)11-4-5-12(15)13(6-11)18-3/h4-6,9-10H,7-8,15H2,1-3H3. The molecule has 4 heteroatoms. The van der Waals surface area contributed by atoms with Crippen molar-refractivity contribution < 1.29 is 9.53 Å². The summed E-state index contributed by atoms with van der Waals surface area (Å²) in [6.45, 7) is 6.02. The van der Waals surface area contributed by atoms with Gasteiger partial charge in [-0.15, -0.1) is 0 Å². The molecule has 1 aliphatic rings. The molecule has 18 heavy (non-hydrogen) atoms. The number of benzene rings is 1. The lowest BCUT2D eigenvalue weighted by atomic mass is 10.0. The maximum Gasteiger partial charge on any atom is 0.254 e. The van der Waals surface area contributed by atoms with E-state index in [1.807, 2.05) is 4.90 Å². The Hall–Kier alpha value is -1.71. The maximum atomic E-state index is 12.3. The number of anilines is 1. The predicted octanol–water partition coefficient (Wildman–Crippen LogP) is 2.01. The van der Waals surface area contributed by atoms with Crippen LogP contribution in [0.15, 0.2) is 18.2 Å². The van der Waals surface area contributed by atoms with Gasteiger partial charge in [0.05, 0.1) is 12.8 Å². The van der Waals surface area contributed by atoms with Crippen LogP contribution >= 0.6 is 0 Å². The minimum atomic E-state index is 0.0597. The van der Waals surface area contributed by atoms with Gasteiger partial charge in [-0.3, -0.25) is 4.79 Å². The van der Waals surface area contributed by atoms with Gasteiger partial charge in [0, 0.05) is 18.7 Å². The van der Waals surface area contributed by atoms with Crippen LogP contribution < -0.4 is 10.5 Å². The number of likely N-dealkylation sites (tertiary alicyclic amines) is 1. The fourth-order valence-corrected chi connectivity index (χ4v) is 2.32. The van der Waals surface area contributed by atoms with E-state index in [1.54, 1.807) is 25.3 Å². The van der Waals surface area contributed by atoms with Crippen LogP contribution in [0.3, 0.4) is 0 Å². The van der Waals surface area contributed by atoms with Crippen LogP contribution in [0.25, 0.3) is 0 Å². The largest absolute Gasteiger partial charge is 0.495 e. The molecule has 0 bridgehead atoms. The second-order valence-corrected chi connectivity index (χ2v) is 5.12. The lowest BCUT2D eigenvalue weighted by molar-refractivity contribution is 0.0784. The van der Waals surface area contributed by atoms with Gasteiger partial charge in [0.15, 0.2) is 0 Å². The number of hydrogen-bond acceptors (Lipinski definition) is 3. The number of nitrogen functional groups attached to an aromatic ring is 1. The number of rotatable bonds is 2. The molecular weight excluding hydrogens is 228 g/mol. The van der Waals surface area contributed by atoms with Gasteiger partial charge in [-0.2, -0.15) is 0 Å². The molecule has 2 rings (SSSR count). The van der Waals surface area contributed by atoms with Gasteiger partial charge in [0.1, 0.15) is 5.75 Å². The molecule has 0 aromatic heterocycles. The molecule has 1 amide bonds. The van der Waals surface area contributed by atoms with Crippen molar-refractivity contribution in [3.8, 4) is 5.75 Å². The second-order valence-electron chi connectivity index (χ2n) is 5.12. The number of carbonyl (C=O) groups is 1. The van der Waals surface area contributed by atoms with Crippen molar-refractivity contribution in [1.29, 1.82) is 0 Å². The van der Waals surface area contributed by atoms with Gasteiger partial charge < -0.3 is 15.4 Å². The number of methoxy groups -OCH3 is 1. The van der Waals surface area contributed by atoms with Crippen LogP contribution in [0.2, 0.25) is 0 Å². The van der Waals surface area contributed by atoms with Gasteiger partial charge in [-0.05, 0) is 30.0 Å². The van der Waals surface area contributed by atoms with Crippen LogP contribution in [-0.4, -0.2) is 31.0 Å². The van der Waals surface area contributed by atoms with Crippen molar-refractivity contribution in [1.82, 2.24) is 4.90 Å². The zero-order valence-electron chi connectivity index (χ0n) is 11.1. The monoisotopic (exact) mass is 248 g/mol. The third-order valence-corrected chi connectivity index (χ3v) is 3.76. The molecule has 2 unspecified atom stereocenters. The molecule has 98 valence electrons. The molecule has 0 aliphatic carbocycles. The average Bonchev–Trinajstić information content (AvgIpc) is 2.69. The first-order valence-electron chi connectivity index (χ1n) is 6.25. The van der Waals surface area contributed by atoms with E-state index in [-0.39, 0.29) is 5.91 Å². The van der Waals surface area contributed by atoms with Crippen molar-refractivity contribution in [2.75, 3.05) is 25.9 Å². The van der Waals surface area contributed by atoms with Crippen LogP contribution in [0.5, 0.6) is 5.75 Å². The summed E-state index contributed by atoms with van der Waals surface area (Å²) in [5.41, 5.74) is 6.94. The zero-order chi connectivity index (χ0) is 13.3. The Labute approximate surface area is 108 Å². The Kier molecular flexibility index (Phi) is 3.45. The van der Waals surface area contributed by atoms with E-state index in [1.165, 1.54) is 0 Å². The van der Waals surface area contributed by atoms with E-state index in [9.17, 15) is 4.79 Å². The molecule has 0 radical (unpaired) electrons. The molecule has 2 N–H and O–H groups in total. The molecule has 1 heterocycles. The quantitative estimate of drug-likeness (QED) is 0.814. The molecule has 1 aliphatic heterocycles. The Balaban J connectivity index is 2.19. The number of amides is 1. The molecule has 1 saturated heterocycles. The van der Waals surface area contributed by atoms with E-state index in [0.717, 1.165) is 13.1 Å². The molecule has 2 atom stereocenters. The van der Waals surface area contributed by atoms with Crippen molar-refractivity contribution in [3.63, 3.8) is 0 Å². The predicted molar refractivity (Wildman–Crippen MR) is 71.6 cm³/mol. The van der Waals surface area contributed by atoms with Crippen LogP contribution in [0.4, 0.5) is 5.69 Å². The van der Waals surface area contributed by atoms with E-state index < -0.39 is 0 Å². The summed E-state index contributed by atoms with van der Waals surface area (Å²) in [5.74, 6) is 1.74. The van der Waals surface area contributed by atoms with Crippen molar-refractivity contribution in [2.24, 2.45) is 11.8 Å². The highest BCUT2D eigenvalue weighted by Gasteiger charge is 2.30. The minimum absolute atomic E-state index is 0.0597. The van der Waals surface area contributed by atoms with Gasteiger partial charge >= 0.3 is 0 Å². The Morgan fingerprint density at radius 1 is 1.33 bits per heavy atom. The van der Waals surface area contributed by atoms with Crippen LogP contribution in [0.1, 0.15) is 24.2 Å². The second kappa shape index (κ2) is 4.88. The number of hydrogen-bond donors (Lipinski definition) is 1. The van der Waals surface area contributed by atoms with Gasteiger partial charge in [-0.25, -0.2) is 0 Å². The first-order chi connectivity index (χ1) is 8.52. The summed E-state index contributed by atoms with van der Waals surface area (Å²) >= 11 is 0. The lowest BCUT2D eigenvalue weighted by Crippen LogP contribution is -2.28. The Morgan fingerprint density at radius 2 is 1.94 bits per heavy atom. The van der Waals surface area contributed by atoms with E-state index >= 15 is 0 Å². The lowest BCUT2D eigenvalue weighted by Gasteiger charge is -2.16. The number of nitrogens with two attached hydrogens (primary N) is 1. The molecular formula is C14H20N2O2. The highest BCUT2D eigenvalue weighted by molar-refractivity contribution is 5.95. The number of ether oxygens (including phenoxy) is 1. The first-order valence-corrected chi connectivity index (χ1v) is 6.25. The third kappa shape index (κ3) is 2.28. The smallest absolute Gasteiger partial charge is 0.254 e. The number of nitrogens with zero attached hydrogens (tertiary/aromatic N) is 1. The van der Waals surface area contributed by atoms with Gasteiger partial charge in [0.2, 0.25) is 0 Å². The van der Waals surface area contributed by atoms with Crippen LogP contribution in [-0.2, 0) is 0 Å². The SMILES string of the molecule is COc1cc(C(=O)N2CC(C)C(C)C2)ccc1N. The maximum absolute atomic E-state index is 12.3. The summed E-state index contributed by atoms with van der Waals surface area (Å²) in [5, 5.41) is 0. The normalized spacial score (nSPS) is 23.2. The van der Waals surface area contributed by atoms with E-state index in [4.69, 9.17) is 10.5 Å². The first kappa shape index (κ1) is 12.7. The highest BCUT2D eigenvalue weighted by atomic mass is 16.5. The summed E-state index contributed by atoms with van der Waals surface area (Å²) in [6.07, 6.45) is 0. The molecule has 1 aromatic carbocycles. The van der Waals surface area contributed by atoms with Crippen molar-refractivity contribution >= 4 is 11.6 Å². The molecule has 0 saturated carbocycles. The van der Waals surface area contributed by atoms with Gasteiger partial charge in [0.25, 0.3) is 5.91 Å². The topological polar surface area (TPSA) is 55.6 Å². The molecule has 0 spiro atoms. The summed E-state index contributed by atoms with van der Waals surface area (Å²) in [7, 11) is 1.56. The molecule has 4 nitrogen and oxygen atoms in total. The zero-order valence-corrected chi connectivity index (χ0v) is 11.1. The van der Waals surface area contributed by atoms with Crippen LogP contribution in [0, 0.1) is 11.8 Å². The highest BCUT2D eigenvalue weighted by Crippen LogP contribution is 2.26. The Morgan fingerprint density at radius 3 is 2.50 bits per heavy atom. The van der Waals surface area contributed by atoms with E-state index in [2.05, 4.69) is 13.8 Å². The third-order valence-electron chi connectivity index (χ3n) is 3.76. The summed E-state index contributed by atoms with van der Waals surface area (Å²) < 4.78 is 5.14. The number of carbonyl (C=O) groups excluding carboxylic acids is 1. The van der Waals surface area contributed by atoms with Gasteiger partial charge in [-0.1, -0.05) is 13.8 Å². The minimum Gasteiger partial charge on any atom is -0.495 e.